The maximum absolute atomic E-state index is 12.5. The number of benzene rings is 1. The first-order chi connectivity index (χ1) is 8.88. The van der Waals surface area contributed by atoms with Gasteiger partial charge in [-0.25, -0.2) is 0 Å². The van der Waals surface area contributed by atoms with E-state index in [0.717, 1.165) is 20.3 Å². The summed E-state index contributed by atoms with van der Waals surface area (Å²) in [6.07, 6.45) is 0.421. The van der Waals surface area contributed by atoms with Gasteiger partial charge in [0.15, 0.2) is 5.78 Å². The first-order valence-electron chi connectivity index (χ1n) is 6.25. The number of hydrogen-bond donors (Lipinski definition) is 0. The van der Waals surface area contributed by atoms with Crippen molar-refractivity contribution in [3.63, 3.8) is 0 Å². The van der Waals surface area contributed by atoms with Crippen LogP contribution < -0.4 is 0 Å². The molecule has 0 atom stereocenters. The summed E-state index contributed by atoms with van der Waals surface area (Å²) in [5, 5.41) is 0. The quantitative estimate of drug-likeness (QED) is 0.717. The molecule has 1 nitrogen and oxygen atoms in total. The van der Waals surface area contributed by atoms with E-state index in [9.17, 15) is 4.79 Å². The largest absolute Gasteiger partial charge is 0.294 e. The molecule has 0 radical (unpaired) electrons. The monoisotopic (exact) mass is 292 g/mol. The molecule has 100 valence electrons. The smallest absolute Gasteiger partial charge is 0.168 e. The lowest BCUT2D eigenvalue weighted by Gasteiger charge is -2.22. The van der Waals surface area contributed by atoms with Gasteiger partial charge in [-0.1, -0.05) is 56.6 Å². The predicted molar refractivity (Wildman–Crippen MR) is 82.5 cm³/mol. The molecule has 1 aromatic heterocycles. The first kappa shape index (κ1) is 14.3. The molecular formula is C16H17ClOS. The van der Waals surface area contributed by atoms with E-state index in [2.05, 4.69) is 20.8 Å². The molecule has 19 heavy (non-hydrogen) atoms. The minimum atomic E-state index is -0.0284. The molecular weight excluding hydrogens is 276 g/mol. The number of rotatable bonds is 3. The highest BCUT2D eigenvalue weighted by molar-refractivity contribution is 7.16. The second-order valence-corrected chi connectivity index (χ2v) is 7.40. The second kappa shape index (κ2) is 5.48. The van der Waals surface area contributed by atoms with Gasteiger partial charge >= 0.3 is 0 Å². The number of carbonyl (C=O) groups excluding carboxylic acids is 1. The molecule has 0 unspecified atom stereocenters. The minimum absolute atomic E-state index is 0.0284. The zero-order valence-electron chi connectivity index (χ0n) is 11.4. The van der Waals surface area contributed by atoms with Gasteiger partial charge in [0.05, 0.1) is 4.34 Å². The van der Waals surface area contributed by atoms with E-state index in [1.54, 1.807) is 0 Å². The Morgan fingerprint density at radius 3 is 2.42 bits per heavy atom. The lowest BCUT2D eigenvalue weighted by molar-refractivity contribution is 0.0991. The van der Waals surface area contributed by atoms with Gasteiger partial charge in [0.1, 0.15) is 0 Å². The van der Waals surface area contributed by atoms with Crippen LogP contribution in [0.3, 0.4) is 0 Å². The van der Waals surface area contributed by atoms with Crippen molar-refractivity contribution < 1.29 is 4.79 Å². The zero-order valence-corrected chi connectivity index (χ0v) is 12.9. The van der Waals surface area contributed by atoms with Gasteiger partial charge in [-0.3, -0.25) is 4.79 Å². The summed E-state index contributed by atoms with van der Waals surface area (Å²) in [4.78, 5) is 13.5. The topological polar surface area (TPSA) is 17.1 Å². The number of Topliss-reactive ketones (excluding diaryl/α,β-unsaturated/α-hetero) is 1. The fourth-order valence-electron chi connectivity index (χ4n) is 2.08. The molecule has 0 fully saturated rings. The fourth-order valence-corrected chi connectivity index (χ4v) is 3.17. The summed E-state index contributed by atoms with van der Waals surface area (Å²) in [7, 11) is 0. The molecule has 1 heterocycles. The molecule has 0 saturated heterocycles. The van der Waals surface area contributed by atoms with Crippen LogP contribution in [0.15, 0.2) is 36.4 Å². The first-order valence-corrected chi connectivity index (χ1v) is 7.44. The summed E-state index contributed by atoms with van der Waals surface area (Å²) in [6.45, 7) is 6.38. The Kier molecular flexibility index (Phi) is 4.12. The number of thiophene rings is 1. The van der Waals surface area contributed by atoms with Crippen molar-refractivity contribution in [2.45, 2.75) is 32.6 Å². The van der Waals surface area contributed by atoms with E-state index in [4.69, 9.17) is 11.6 Å². The molecule has 0 aliphatic carbocycles. The Hall–Kier alpha value is -1.12. The average molecular weight is 293 g/mol. The van der Waals surface area contributed by atoms with E-state index < -0.39 is 0 Å². The zero-order chi connectivity index (χ0) is 14.0. The molecule has 1 aromatic carbocycles. The van der Waals surface area contributed by atoms with Gasteiger partial charge in [-0.2, -0.15) is 0 Å². The maximum atomic E-state index is 12.5. The highest BCUT2D eigenvalue weighted by Crippen LogP contribution is 2.28. The Bertz CT molecular complexity index is 593. The molecule has 0 aliphatic heterocycles. The number of hydrogen-bond acceptors (Lipinski definition) is 2. The lowest BCUT2D eigenvalue weighted by Crippen LogP contribution is -2.17. The molecule has 0 spiro atoms. The predicted octanol–water partition coefficient (Wildman–Crippen LogP) is 5.12. The third-order valence-electron chi connectivity index (χ3n) is 3.00. The average Bonchev–Trinajstić information content (AvgIpc) is 2.73. The van der Waals surface area contributed by atoms with Crippen LogP contribution in [0.1, 0.15) is 41.6 Å². The Balaban J connectivity index is 2.29. The van der Waals surface area contributed by atoms with Crippen LogP contribution in [0.4, 0.5) is 0 Å². The van der Waals surface area contributed by atoms with Crippen molar-refractivity contribution in [3.8, 4) is 0 Å². The van der Waals surface area contributed by atoms with Gasteiger partial charge < -0.3 is 0 Å². The fraction of sp³-hybridized carbons (Fsp3) is 0.312. The third-order valence-corrected chi connectivity index (χ3v) is 4.23. The SMILES string of the molecule is CC(C)(C)c1ccccc1C(=O)Cc1ccc(Cl)s1. The molecule has 3 heteroatoms. The van der Waals surface area contributed by atoms with E-state index in [1.165, 1.54) is 11.3 Å². The molecule has 0 amide bonds. The van der Waals surface area contributed by atoms with Crippen LogP contribution in [0.5, 0.6) is 0 Å². The minimum Gasteiger partial charge on any atom is -0.294 e. The van der Waals surface area contributed by atoms with Gasteiger partial charge in [-0.05, 0) is 23.1 Å². The van der Waals surface area contributed by atoms with E-state index in [0.29, 0.717) is 6.42 Å². The molecule has 0 bridgehead atoms. The highest BCUT2D eigenvalue weighted by Gasteiger charge is 2.21. The van der Waals surface area contributed by atoms with Crippen LogP contribution in [-0.2, 0) is 11.8 Å². The normalized spacial score (nSPS) is 11.6. The summed E-state index contributed by atoms with van der Waals surface area (Å²) < 4.78 is 0.729. The Morgan fingerprint density at radius 1 is 1.16 bits per heavy atom. The summed E-state index contributed by atoms with van der Waals surface area (Å²) in [6, 6.07) is 11.6. The Labute approximate surface area is 123 Å². The summed E-state index contributed by atoms with van der Waals surface area (Å²) >= 11 is 7.37. The van der Waals surface area contributed by atoms with E-state index >= 15 is 0 Å². The highest BCUT2D eigenvalue weighted by atomic mass is 35.5. The molecule has 2 rings (SSSR count). The van der Waals surface area contributed by atoms with Crippen molar-refractivity contribution in [1.82, 2.24) is 0 Å². The van der Waals surface area contributed by atoms with Crippen molar-refractivity contribution in [2.75, 3.05) is 0 Å². The summed E-state index contributed by atoms with van der Waals surface area (Å²) in [5.41, 5.74) is 1.89. The molecule has 2 aromatic rings. The number of halogens is 1. The lowest BCUT2D eigenvalue weighted by atomic mass is 9.82. The van der Waals surface area contributed by atoms with Crippen LogP contribution in [0, 0.1) is 0 Å². The van der Waals surface area contributed by atoms with Crippen LogP contribution in [0.2, 0.25) is 4.34 Å². The van der Waals surface area contributed by atoms with Gasteiger partial charge in [0.25, 0.3) is 0 Å². The number of carbonyl (C=O) groups is 1. The van der Waals surface area contributed by atoms with Crippen molar-refractivity contribution in [2.24, 2.45) is 0 Å². The van der Waals surface area contributed by atoms with Crippen molar-refractivity contribution in [3.05, 3.63) is 56.7 Å². The molecule has 0 aliphatic rings. The molecule has 0 saturated carbocycles. The third kappa shape index (κ3) is 3.46. The van der Waals surface area contributed by atoms with Gasteiger partial charge in [0.2, 0.25) is 0 Å². The van der Waals surface area contributed by atoms with Crippen molar-refractivity contribution >= 4 is 28.7 Å². The number of ketones is 1. The van der Waals surface area contributed by atoms with Gasteiger partial charge in [0, 0.05) is 16.9 Å². The second-order valence-electron chi connectivity index (χ2n) is 5.60. The van der Waals surface area contributed by atoms with Gasteiger partial charge in [-0.15, -0.1) is 11.3 Å². The van der Waals surface area contributed by atoms with E-state index in [-0.39, 0.29) is 11.2 Å². The van der Waals surface area contributed by atoms with Crippen LogP contribution in [0.25, 0.3) is 0 Å². The standard InChI is InChI=1S/C16H17ClOS/c1-16(2,3)13-7-5-4-6-12(13)14(18)10-11-8-9-15(17)19-11/h4-9H,10H2,1-3H3. The Morgan fingerprint density at radius 2 is 1.84 bits per heavy atom. The molecule has 0 N–H and O–H groups in total. The van der Waals surface area contributed by atoms with E-state index in [1.807, 2.05) is 36.4 Å². The van der Waals surface area contributed by atoms with Crippen LogP contribution in [-0.4, -0.2) is 5.78 Å². The van der Waals surface area contributed by atoms with Crippen LogP contribution >= 0.6 is 22.9 Å². The summed E-state index contributed by atoms with van der Waals surface area (Å²) in [5.74, 6) is 0.157. The maximum Gasteiger partial charge on any atom is 0.168 e. The van der Waals surface area contributed by atoms with Crippen molar-refractivity contribution in [1.29, 1.82) is 0 Å².